The summed E-state index contributed by atoms with van der Waals surface area (Å²) in [5, 5.41) is 12.6. The first-order valence-corrected chi connectivity index (χ1v) is 12.2. The third kappa shape index (κ3) is 5.56. The van der Waals surface area contributed by atoms with Gasteiger partial charge in [0.15, 0.2) is 0 Å². The molecule has 0 bridgehead atoms. The summed E-state index contributed by atoms with van der Waals surface area (Å²) in [7, 11) is 0. The number of ether oxygens (including phenoxy) is 1. The van der Waals surface area contributed by atoms with Crippen LogP contribution in [0.1, 0.15) is 18.1 Å². The smallest absolute Gasteiger partial charge is 0.269 e. The molecular weight excluding hydrogens is 458 g/mol. The van der Waals surface area contributed by atoms with E-state index >= 15 is 0 Å². The van der Waals surface area contributed by atoms with Crippen molar-refractivity contribution in [2.24, 2.45) is 0 Å². The number of hydrogen-bond acceptors (Lipinski definition) is 5. The number of nitriles is 1. The Morgan fingerprint density at radius 3 is 2.49 bits per heavy atom. The van der Waals surface area contributed by atoms with E-state index in [9.17, 15) is 14.9 Å². The highest BCUT2D eigenvalue weighted by atomic mass is 32.2. The summed E-state index contributed by atoms with van der Waals surface area (Å²) in [5.41, 5.74) is 3.18. The number of carbonyl (C=O) groups excluding carboxylic acids is 2. The van der Waals surface area contributed by atoms with Crippen LogP contribution in [-0.4, -0.2) is 23.7 Å². The molecule has 0 saturated carbocycles. The van der Waals surface area contributed by atoms with Crippen LogP contribution in [-0.2, 0) is 16.0 Å². The van der Waals surface area contributed by atoms with Gasteiger partial charge in [-0.1, -0.05) is 59.8 Å². The van der Waals surface area contributed by atoms with Gasteiger partial charge in [-0.2, -0.15) is 5.26 Å². The molecule has 1 atom stereocenters. The zero-order valence-electron chi connectivity index (χ0n) is 19.5. The molecule has 2 amide bonds. The summed E-state index contributed by atoms with van der Waals surface area (Å²) in [6, 6.07) is 26.0. The summed E-state index contributed by atoms with van der Waals surface area (Å²) in [6.45, 7) is 4.43. The van der Waals surface area contributed by atoms with E-state index in [1.165, 1.54) is 16.7 Å². The Morgan fingerprint density at radius 1 is 1.09 bits per heavy atom. The molecule has 7 heteroatoms. The van der Waals surface area contributed by atoms with E-state index in [4.69, 9.17) is 4.74 Å². The highest BCUT2D eigenvalue weighted by molar-refractivity contribution is 8.05. The van der Waals surface area contributed by atoms with Crippen molar-refractivity contribution < 1.29 is 14.3 Å². The van der Waals surface area contributed by atoms with Gasteiger partial charge in [0, 0.05) is 11.4 Å². The Bertz CT molecular complexity index is 1300. The Morgan fingerprint density at radius 2 is 1.83 bits per heavy atom. The highest BCUT2D eigenvalue weighted by Crippen LogP contribution is 2.42. The van der Waals surface area contributed by atoms with Crippen LogP contribution in [0.4, 0.5) is 11.4 Å². The van der Waals surface area contributed by atoms with E-state index in [2.05, 4.69) is 5.32 Å². The lowest BCUT2D eigenvalue weighted by Crippen LogP contribution is -2.30. The van der Waals surface area contributed by atoms with E-state index in [1.807, 2.05) is 50.2 Å². The second-order valence-corrected chi connectivity index (χ2v) is 9.20. The third-order valence-electron chi connectivity index (χ3n) is 5.45. The fourth-order valence-corrected chi connectivity index (χ4v) is 5.16. The molecule has 35 heavy (non-hydrogen) atoms. The molecule has 1 aliphatic heterocycles. The van der Waals surface area contributed by atoms with E-state index in [1.54, 1.807) is 48.5 Å². The van der Waals surface area contributed by atoms with E-state index in [0.717, 1.165) is 11.1 Å². The van der Waals surface area contributed by atoms with Crippen LogP contribution in [0.15, 0.2) is 89.5 Å². The lowest BCUT2D eigenvalue weighted by molar-refractivity contribution is -0.117. The van der Waals surface area contributed by atoms with Gasteiger partial charge >= 0.3 is 0 Å². The quantitative estimate of drug-likeness (QED) is 0.357. The molecule has 3 aromatic carbocycles. The van der Waals surface area contributed by atoms with Gasteiger partial charge in [0.05, 0.1) is 11.9 Å². The topological polar surface area (TPSA) is 82.4 Å². The number of aryl methyl sites for hydroxylation is 1. The first kappa shape index (κ1) is 24.1. The molecule has 1 unspecified atom stereocenters. The van der Waals surface area contributed by atoms with Gasteiger partial charge in [-0.15, -0.1) is 0 Å². The van der Waals surface area contributed by atoms with Crippen molar-refractivity contribution in [1.82, 2.24) is 0 Å². The van der Waals surface area contributed by atoms with Gasteiger partial charge in [0.2, 0.25) is 5.91 Å². The SMILES string of the molecule is CCOc1ccc(N2C(=O)C(Cc3cccc(C)c3)S/C2=C(/C#N)C(=O)Nc2ccccc2)cc1. The van der Waals surface area contributed by atoms with Crippen LogP contribution in [0, 0.1) is 18.3 Å². The minimum absolute atomic E-state index is 0.104. The predicted molar refractivity (Wildman–Crippen MR) is 139 cm³/mol. The van der Waals surface area contributed by atoms with Crippen LogP contribution in [0.3, 0.4) is 0 Å². The molecule has 0 radical (unpaired) electrons. The van der Waals surface area contributed by atoms with Crippen LogP contribution in [0.5, 0.6) is 5.75 Å². The summed E-state index contributed by atoms with van der Waals surface area (Å²) in [5.74, 6) is -0.0446. The molecule has 1 aliphatic rings. The number of benzene rings is 3. The van der Waals surface area contributed by atoms with Gasteiger partial charge in [-0.3, -0.25) is 14.5 Å². The first-order chi connectivity index (χ1) is 17.0. The Labute approximate surface area is 209 Å². The molecule has 1 fully saturated rings. The predicted octanol–water partition coefficient (Wildman–Crippen LogP) is 5.46. The molecular formula is C28H25N3O3S. The fraction of sp³-hybridized carbons (Fsp3) is 0.179. The van der Waals surface area contributed by atoms with Crippen LogP contribution < -0.4 is 15.0 Å². The van der Waals surface area contributed by atoms with E-state index in [-0.39, 0.29) is 11.5 Å². The minimum atomic E-state index is -0.554. The molecule has 4 rings (SSSR count). The van der Waals surface area contributed by atoms with E-state index < -0.39 is 11.2 Å². The molecule has 1 N–H and O–H groups in total. The molecule has 1 saturated heterocycles. The molecule has 3 aromatic rings. The number of hydrogen-bond donors (Lipinski definition) is 1. The molecule has 6 nitrogen and oxygen atoms in total. The lowest BCUT2D eigenvalue weighted by atomic mass is 10.1. The fourth-order valence-electron chi connectivity index (χ4n) is 3.85. The van der Waals surface area contributed by atoms with Crippen molar-refractivity contribution in [3.05, 3.63) is 101 Å². The van der Waals surface area contributed by atoms with Crippen molar-refractivity contribution in [2.45, 2.75) is 25.5 Å². The number of carbonyl (C=O) groups is 2. The van der Waals surface area contributed by atoms with Crippen molar-refractivity contribution in [1.29, 1.82) is 5.26 Å². The van der Waals surface area contributed by atoms with Gasteiger partial charge in [0.25, 0.3) is 5.91 Å². The number of anilines is 2. The number of rotatable bonds is 7. The minimum Gasteiger partial charge on any atom is -0.494 e. The van der Waals surface area contributed by atoms with Crippen LogP contribution in [0.2, 0.25) is 0 Å². The number of amides is 2. The maximum absolute atomic E-state index is 13.6. The highest BCUT2D eigenvalue weighted by Gasteiger charge is 2.40. The van der Waals surface area contributed by atoms with Gasteiger partial charge in [-0.25, -0.2) is 0 Å². The zero-order chi connectivity index (χ0) is 24.8. The maximum atomic E-state index is 13.6. The maximum Gasteiger partial charge on any atom is 0.269 e. The normalized spacial score (nSPS) is 16.5. The Kier molecular flexibility index (Phi) is 7.54. The number of para-hydroxylation sites is 1. The molecule has 0 aromatic heterocycles. The average molecular weight is 484 g/mol. The van der Waals surface area contributed by atoms with Crippen LogP contribution in [0.25, 0.3) is 0 Å². The van der Waals surface area contributed by atoms with Crippen molar-refractivity contribution in [3.8, 4) is 11.8 Å². The number of thioether (sulfide) groups is 1. The van der Waals surface area contributed by atoms with Crippen molar-refractivity contribution in [3.63, 3.8) is 0 Å². The summed E-state index contributed by atoms with van der Waals surface area (Å²) >= 11 is 1.25. The molecule has 1 heterocycles. The first-order valence-electron chi connectivity index (χ1n) is 11.3. The van der Waals surface area contributed by atoms with Gasteiger partial charge in [-0.05, 0) is 62.2 Å². The van der Waals surface area contributed by atoms with Gasteiger partial charge in [0.1, 0.15) is 22.4 Å². The Hall–Kier alpha value is -4.02. The number of nitrogens with one attached hydrogen (secondary N) is 1. The second kappa shape index (κ2) is 10.9. The summed E-state index contributed by atoms with van der Waals surface area (Å²) in [4.78, 5) is 28.2. The zero-order valence-corrected chi connectivity index (χ0v) is 20.3. The largest absolute Gasteiger partial charge is 0.494 e. The van der Waals surface area contributed by atoms with Crippen LogP contribution >= 0.6 is 11.8 Å². The molecule has 0 spiro atoms. The third-order valence-corrected chi connectivity index (χ3v) is 6.71. The average Bonchev–Trinajstić information content (AvgIpc) is 3.16. The monoisotopic (exact) mass is 483 g/mol. The van der Waals surface area contributed by atoms with Crippen molar-refractivity contribution in [2.75, 3.05) is 16.8 Å². The van der Waals surface area contributed by atoms with Crippen molar-refractivity contribution >= 4 is 35.0 Å². The Balaban J connectivity index is 1.72. The summed E-state index contributed by atoms with van der Waals surface area (Å²) < 4.78 is 5.52. The van der Waals surface area contributed by atoms with E-state index in [0.29, 0.717) is 35.2 Å². The standard InChI is InChI=1S/C28H25N3O3S/c1-3-34-23-14-12-22(13-15-23)31-27(33)25(17-20-9-7-8-19(2)16-20)35-28(31)24(18-29)26(32)30-21-10-5-4-6-11-21/h4-16,25H,3,17H2,1-2H3,(H,30,32)/b28-24-. The molecule has 0 aliphatic carbocycles. The van der Waals surface area contributed by atoms with Gasteiger partial charge < -0.3 is 10.1 Å². The number of nitrogens with zero attached hydrogens (tertiary/aromatic N) is 2. The second-order valence-electron chi connectivity index (χ2n) is 8.01. The summed E-state index contributed by atoms with van der Waals surface area (Å²) in [6.07, 6.45) is 0.487. The molecule has 176 valence electrons. The lowest BCUT2D eigenvalue weighted by Gasteiger charge is -2.19.